The van der Waals surface area contributed by atoms with Gasteiger partial charge in [0.1, 0.15) is 5.60 Å². The first-order valence-corrected chi connectivity index (χ1v) is 10.8. The highest BCUT2D eigenvalue weighted by atomic mass is 16.5. The lowest BCUT2D eigenvalue weighted by atomic mass is 9.88. The lowest BCUT2D eigenvalue weighted by molar-refractivity contribution is 0.0645. The average molecular weight is 424 g/mol. The minimum absolute atomic E-state index is 0.174. The van der Waals surface area contributed by atoms with Crippen molar-refractivity contribution in [3.63, 3.8) is 0 Å². The Balaban J connectivity index is 1.63. The molecule has 1 aliphatic rings. The molecular formula is C26H33NO4. The Bertz CT molecular complexity index is 931. The van der Waals surface area contributed by atoms with Crippen LogP contribution >= 0.6 is 0 Å². The first kappa shape index (κ1) is 22.9. The Morgan fingerprint density at radius 1 is 0.839 bits per heavy atom. The van der Waals surface area contributed by atoms with E-state index in [0.717, 1.165) is 12.2 Å². The van der Waals surface area contributed by atoms with Crippen molar-refractivity contribution in [1.29, 1.82) is 0 Å². The van der Waals surface area contributed by atoms with Gasteiger partial charge in [-0.2, -0.15) is 0 Å². The van der Waals surface area contributed by atoms with E-state index < -0.39 is 0 Å². The van der Waals surface area contributed by atoms with Crippen LogP contribution < -0.4 is 9.47 Å². The molecule has 5 nitrogen and oxygen atoms in total. The van der Waals surface area contributed by atoms with Crippen LogP contribution in [0.4, 0.5) is 0 Å². The maximum Gasteiger partial charge on any atom is 0.261 e. The third-order valence-electron chi connectivity index (χ3n) is 4.82. The molecule has 0 unspecified atom stereocenters. The van der Waals surface area contributed by atoms with Gasteiger partial charge in [-0.15, -0.1) is 0 Å². The topological polar surface area (TPSA) is 55.8 Å². The van der Waals surface area contributed by atoms with E-state index in [1.807, 2.05) is 26.8 Å². The fourth-order valence-electron chi connectivity index (χ4n) is 3.65. The lowest BCUT2D eigenvalue weighted by Crippen LogP contribution is -2.31. The molecule has 1 heterocycles. The summed E-state index contributed by atoms with van der Waals surface area (Å²) in [5.41, 5.74) is 1.98. The molecule has 0 radical (unpaired) electrons. The molecule has 0 aliphatic carbocycles. The van der Waals surface area contributed by atoms with Gasteiger partial charge in [-0.25, -0.2) is 0 Å². The molecule has 0 saturated carbocycles. The van der Waals surface area contributed by atoms with Crippen LogP contribution in [-0.2, 0) is 6.42 Å². The van der Waals surface area contributed by atoms with E-state index in [9.17, 15) is 9.59 Å². The number of ether oxygens (including phenoxy) is 2. The van der Waals surface area contributed by atoms with Gasteiger partial charge in [0.25, 0.3) is 11.8 Å². The van der Waals surface area contributed by atoms with E-state index in [2.05, 4.69) is 32.9 Å². The highest BCUT2D eigenvalue weighted by Crippen LogP contribution is 2.34. The van der Waals surface area contributed by atoms with Gasteiger partial charge in [-0.1, -0.05) is 39.0 Å². The third kappa shape index (κ3) is 5.87. The second-order valence-corrected chi connectivity index (χ2v) is 10.2. The molecule has 31 heavy (non-hydrogen) atoms. The molecule has 0 atom stereocenters. The largest absolute Gasteiger partial charge is 0.490 e. The van der Waals surface area contributed by atoms with Gasteiger partial charge in [0.05, 0.1) is 17.7 Å². The summed E-state index contributed by atoms with van der Waals surface area (Å²) in [6.07, 6.45) is 1.48. The monoisotopic (exact) mass is 423 g/mol. The zero-order valence-corrected chi connectivity index (χ0v) is 19.5. The molecule has 2 aromatic rings. The maximum absolute atomic E-state index is 12.5. The molecule has 0 fully saturated rings. The first-order chi connectivity index (χ1) is 14.4. The minimum atomic E-state index is -0.349. The predicted molar refractivity (Wildman–Crippen MR) is 122 cm³/mol. The number of carbonyl (C=O) groups is 2. The highest BCUT2D eigenvalue weighted by molar-refractivity contribution is 6.21. The van der Waals surface area contributed by atoms with E-state index in [4.69, 9.17) is 9.47 Å². The summed E-state index contributed by atoms with van der Waals surface area (Å²) >= 11 is 0. The predicted octanol–water partition coefficient (Wildman–Crippen LogP) is 5.52. The molecule has 2 amide bonds. The summed E-state index contributed by atoms with van der Waals surface area (Å²) in [4.78, 5) is 26.3. The van der Waals surface area contributed by atoms with Gasteiger partial charge in [0.2, 0.25) is 0 Å². The first-order valence-electron chi connectivity index (χ1n) is 10.8. The van der Waals surface area contributed by atoms with Crippen LogP contribution in [0.15, 0.2) is 42.5 Å². The molecule has 0 bridgehead atoms. The van der Waals surface area contributed by atoms with Crippen LogP contribution in [0, 0.1) is 5.41 Å². The van der Waals surface area contributed by atoms with Crippen molar-refractivity contribution in [2.24, 2.45) is 5.41 Å². The smallest absolute Gasteiger partial charge is 0.261 e. The molecular weight excluding hydrogens is 390 g/mol. The summed E-state index contributed by atoms with van der Waals surface area (Å²) in [7, 11) is 0. The van der Waals surface area contributed by atoms with Gasteiger partial charge >= 0.3 is 0 Å². The Labute approximate surface area is 185 Å². The Morgan fingerprint density at radius 3 is 2.00 bits per heavy atom. The van der Waals surface area contributed by atoms with Crippen LogP contribution in [0.5, 0.6) is 11.5 Å². The second-order valence-electron chi connectivity index (χ2n) is 10.2. The van der Waals surface area contributed by atoms with Crippen molar-refractivity contribution in [2.75, 3.05) is 13.2 Å². The van der Waals surface area contributed by atoms with E-state index in [-0.39, 0.29) is 22.8 Å². The summed E-state index contributed by atoms with van der Waals surface area (Å²) in [6, 6.07) is 13.0. The number of fused-ring (bicyclic) bond motifs is 1. The zero-order chi connectivity index (χ0) is 22.8. The van der Waals surface area contributed by atoms with Gasteiger partial charge in [0, 0.05) is 6.54 Å². The number of benzene rings is 2. The number of rotatable bonds is 7. The van der Waals surface area contributed by atoms with E-state index in [0.29, 0.717) is 36.4 Å². The van der Waals surface area contributed by atoms with Gasteiger partial charge in [-0.3, -0.25) is 14.5 Å². The number of amides is 2. The average Bonchev–Trinajstić information content (AvgIpc) is 2.89. The van der Waals surface area contributed by atoms with E-state index in [1.165, 1.54) is 10.5 Å². The molecule has 1 aliphatic heterocycles. The quantitative estimate of drug-likeness (QED) is 0.435. The second kappa shape index (κ2) is 8.74. The molecule has 0 saturated heterocycles. The summed E-state index contributed by atoms with van der Waals surface area (Å²) < 4.78 is 12.2. The summed E-state index contributed by atoms with van der Waals surface area (Å²) in [5.74, 6) is 0.928. The molecule has 166 valence electrons. The van der Waals surface area contributed by atoms with Crippen molar-refractivity contribution in [3.05, 3.63) is 59.2 Å². The summed E-state index contributed by atoms with van der Waals surface area (Å²) in [5, 5.41) is 0. The van der Waals surface area contributed by atoms with Crippen LogP contribution in [0.1, 0.15) is 74.2 Å². The number of hydrogen-bond acceptors (Lipinski definition) is 4. The van der Waals surface area contributed by atoms with Crippen LogP contribution in [0.25, 0.3) is 0 Å². The standard InChI is InChI=1S/C26H33NO4/c1-25(2,3)17-18-12-13-21(22(16-18)31-26(4,5)6)30-15-9-14-27-23(28)19-10-7-8-11-20(19)24(27)29/h7-8,10-13,16H,9,14-15,17H2,1-6H3. The third-order valence-corrected chi connectivity index (χ3v) is 4.82. The van der Waals surface area contributed by atoms with Gasteiger partial charge < -0.3 is 9.47 Å². The SMILES string of the molecule is CC(C)(C)Cc1ccc(OCCCN2C(=O)c3ccccc3C2=O)c(OC(C)(C)C)c1. The van der Waals surface area contributed by atoms with Gasteiger partial charge in [-0.05, 0) is 68.9 Å². The van der Waals surface area contributed by atoms with Crippen LogP contribution in [-0.4, -0.2) is 35.5 Å². The van der Waals surface area contributed by atoms with Crippen molar-refractivity contribution in [3.8, 4) is 11.5 Å². The molecule has 0 spiro atoms. The number of nitrogens with zero attached hydrogens (tertiary/aromatic N) is 1. The number of imide groups is 1. The molecule has 3 rings (SSSR count). The van der Waals surface area contributed by atoms with Crippen molar-refractivity contribution >= 4 is 11.8 Å². The number of hydrogen-bond donors (Lipinski definition) is 0. The molecule has 5 heteroatoms. The van der Waals surface area contributed by atoms with Crippen molar-refractivity contribution < 1.29 is 19.1 Å². The fourth-order valence-corrected chi connectivity index (χ4v) is 3.65. The van der Waals surface area contributed by atoms with Crippen LogP contribution in [0.3, 0.4) is 0 Å². The van der Waals surface area contributed by atoms with E-state index in [1.54, 1.807) is 24.3 Å². The maximum atomic E-state index is 12.5. The number of carbonyl (C=O) groups excluding carboxylic acids is 2. The van der Waals surface area contributed by atoms with Crippen LogP contribution in [0.2, 0.25) is 0 Å². The van der Waals surface area contributed by atoms with Crippen molar-refractivity contribution in [1.82, 2.24) is 4.90 Å². The Kier molecular flexibility index (Phi) is 6.44. The normalized spacial score (nSPS) is 14.1. The summed E-state index contributed by atoms with van der Waals surface area (Å²) in [6.45, 7) is 13.4. The minimum Gasteiger partial charge on any atom is -0.490 e. The molecule has 0 N–H and O–H groups in total. The fraction of sp³-hybridized carbons (Fsp3) is 0.462. The Hall–Kier alpha value is -2.82. The Morgan fingerprint density at radius 2 is 1.45 bits per heavy atom. The highest BCUT2D eigenvalue weighted by Gasteiger charge is 2.34. The zero-order valence-electron chi connectivity index (χ0n) is 19.5. The van der Waals surface area contributed by atoms with Crippen molar-refractivity contribution in [2.45, 2.75) is 60.0 Å². The van der Waals surface area contributed by atoms with E-state index >= 15 is 0 Å². The van der Waals surface area contributed by atoms with Gasteiger partial charge in [0.15, 0.2) is 11.5 Å². The molecule has 0 aromatic heterocycles. The molecule has 2 aromatic carbocycles. The lowest BCUT2D eigenvalue weighted by Gasteiger charge is -2.25.